The average molecular weight is 312 g/mol. The topological polar surface area (TPSA) is 25.2 Å². The Balaban J connectivity index is 2.44. The first-order valence-electron chi connectivity index (χ1n) is 5.87. The van der Waals surface area contributed by atoms with E-state index in [9.17, 15) is 4.39 Å². The van der Waals surface area contributed by atoms with E-state index >= 15 is 0 Å². The van der Waals surface area contributed by atoms with Crippen molar-refractivity contribution >= 4 is 15.9 Å². The summed E-state index contributed by atoms with van der Waals surface area (Å²) in [6.45, 7) is 4.60. The van der Waals surface area contributed by atoms with E-state index in [1.807, 2.05) is 32.0 Å². The summed E-state index contributed by atoms with van der Waals surface area (Å²) in [6.07, 6.45) is 0. The third-order valence-corrected chi connectivity index (χ3v) is 3.36. The molecule has 0 aliphatic heterocycles. The van der Waals surface area contributed by atoms with Crippen LogP contribution in [0.2, 0.25) is 0 Å². The Bertz CT molecular complexity index is 538. The molecule has 1 heterocycles. The van der Waals surface area contributed by atoms with Crippen molar-refractivity contribution in [3.8, 4) is 0 Å². The number of benzene rings is 1. The van der Waals surface area contributed by atoms with E-state index in [-0.39, 0.29) is 11.9 Å². The molecule has 18 heavy (non-hydrogen) atoms. The van der Waals surface area contributed by atoms with Crippen molar-refractivity contribution < 1.29 is 8.81 Å². The second-order valence-corrected chi connectivity index (χ2v) is 4.94. The predicted octanol–water partition coefficient (Wildman–Crippen LogP) is 4.19. The summed E-state index contributed by atoms with van der Waals surface area (Å²) in [6, 6.07) is 8.78. The molecule has 0 amide bonds. The lowest BCUT2D eigenvalue weighted by atomic mass is 10.0. The Morgan fingerprint density at radius 3 is 2.72 bits per heavy atom. The monoisotopic (exact) mass is 311 g/mol. The molecule has 1 aromatic carbocycles. The number of aryl methyl sites for hydroxylation is 1. The number of hydrogen-bond donors (Lipinski definition) is 1. The molecule has 0 bridgehead atoms. The van der Waals surface area contributed by atoms with Gasteiger partial charge in [-0.15, -0.1) is 0 Å². The smallest absolute Gasteiger partial charge is 0.142 e. The van der Waals surface area contributed by atoms with E-state index in [2.05, 4.69) is 21.2 Å². The summed E-state index contributed by atoms with van der Waals surface area (Å²) >= 11 is 3.21. The van der Waals surface area contributed by atoms with Crippen molar-refractivity contribution in [3.63, 3.8) is 0 Å². The van der Waals surface area contributed by atoms with E-state index < -0.39 is 0 Å². The van der Waals surface area contributed by atoms with Gasteiger partial charge in [0.25, 0.3) is 0 Å². The molecule has 0 saturated carbocycles. The van der Waals surface area contributed by atoms with Crippen molar-refractivity contribution in [1.29, 1.82) is 0 Å². The SMILES string of the molecule is CCNC(c1ccc(C)o1)c1cccc(Br)c1F. The van der Waals surface area contributed by atoms with Gasteiger partial charge in [0.2, 0.25) is 0 Å². The number of hydrogen-bond acceptors (Lipinski definition) is 2. The molecule has 0 saturated heterocycles. The zero-order chi connectivity index (χ0) is 13.1. The van der Waals surface area contributed by atoms with Crippen LogP contribution in [0.4, 0.5) is 4.39 Å². The number of rotatable bonds is 4. The van der Waals surface area contributed by atoms with Crippen LogP contribution in [-0.2, 0) is 0 Å². The maximum atomic E-state index is 14.1. The summed E-state index contributed by atoms with van der Waals surface area (Å²) in [5.74, 6) is 1.30. The summed E-state index contributed by atoms with van der Waals surface area (Å²) < 4.78 is 20.2. The molecule has 0 aliphatic carbocycles. The highest BCUT2D eigenvalue weighted by molar-refractivity contribution is 9.10. The maximum Gasteiger partial charge on any atom is 0.142 e. The Morgan fingerprint density at radius 1 is 1.33 bits per heavy atom. The first-order valence-corrected chi connectivity index (χ1v) is 6.66. The largest absolute Gasteiger partial charge is 0.464 e. The van der Waals surface area contributed by atoms with E-state index in [4.69, 9.17) is 4.42 Å². The molecular formula is C14H15BrFNO. The molecular weight excluding hydrogens is 297 g/mol. The predicted molar refractivity (Wildman–Crippen MR) is 73.1 cm³/mol. The van der Waals surface area contributed by atoms with Gasteiger partial charge in [-0.1, -0.05) is 19.1 Å². The lowest BCUT2D eigenvalue weighted by Crippen LogP contribution is -2.22. The van der Waals surface area contributed by atoms with Gasteiger partial charge in [0.05, 0.1) is 10.5 Å². The second kappa shape index (κ2) is 5.67. The highest BCUT2D eigenvalue weighted by Crippen LogP contribution is 2.29. The molecule has 1 atom stereocenters. The standard InChI is InChI=1S/C14H15BrFNO/c1-3-17-14(12-8-7-9(2)18-12)10-5-4-6-11(15)13(10)16/h4-8,14,17H,3H2,1-2H3. The summed E-state index contributed by atoms with van der Waals surface area (Å²) in [5, 5.41) is 3.24. The minimum Gasteiger partial charge on any atom is -0.464 e. The van der Waals surface area contributed by atoms with Crippen LogP contribution >= 0.6 is 15.9 Å². The van der Waals surface area contributed by atoms with Gasteiger partial charge in [-0.25, -0.2) is 4.39 Å². The first kappa shape index (κ1) is 13.3. The van der Waals surface area contributed by atoms with Crippen LogP contribution in [0, 0.1) is 12.7 Å². The quantitative estimate of drug-likeness (QED) is 0.916. The molecule has 1 unspecified atom stereocenters. The molecule has 0 fully saturated rings. The van der Waals surface area contributed by atoms with Crippen molar-refractivity contribution in [1.82, 2.24) is 5.32 Å². The second-order valence-electron chi connectivity index (χ2n) is 4.08. The Morgan fingerprint density at radius 2 is 2.11 bits per heavy atom. The van der Waals surface area contributed by atoms with Crippen LogP contribution in [0.15, 0.2) is 39.2 Å². The fourth-order valence-corrected chi connectivity index (χ4v) is 2.30. The zero-order valence-corrected chi connectivity index (χ0v) is 11.9. The van der Waals surface area contributed by atoms with Gasteiger partial charge in [-0.3, -0.25) is 0 Å². The Labute approximate surface area is 114 Å². The van der Waals surface area contributed by atoms with Crippen molar-refractivity contribution in [3.05, 3.63) is 57.7 Å². The van der Waals surface area contributed by atoms with Crippen LogP contribution in [0.1, 0.15) is 30.0 Å². The molecule has 0 aliphatic rings. The lowest BCUT2D eigenvalue weighted by molar-refractivity contribution is 0.426. The first-order chi connectivity index (χ1) is 8.63. The van der Waals surface area contributed by atoms with Gasteiger partial charge in [0, 0.05) is 5.56 Å². The average Bonchev–Trinajstić information content (AvgIpc) is 2.77. The molecule has 1 aromatic heterocycles. The third-order valence-electron chi connectivity index (χ3n) is 2.75. The molecule has 2 nitrogen and oxygen atoms in total. The van der Waals surface area contributed by atoms with Crippen LogP contribution in [0.3, 0.4) is 0 Å². The van der Waals surface area contributed by atoms with E-state index in [1.165, 1.54) is 0 Å². The molecule has 4 heteroatoms. The molecule has 1 N–H and O–H groups in total. The number of nitrogens with one attached hydrogen (secondary N) is 1. The van der Waals surface area contributed by atoms with Crippen LogP contribution in [0.5, 0.6) is 0 Å². The molecule has 0 radical (unpaired) electrons. The highest BCUT2D eigenvalue weighted by Gasteiger charge is 2.21. The Kier molecular flexibility index (Phi) is 4.19. The van der Waals surface area contributed by atoms with E-state index in [0.717, 1.165) is 18.1 Å². The van der Waals surface area contributed by atoms with Gasteiger partial charge >= 0.3 is 0 Å². The van der Waals surface area contributed by atoms with Crippen LogP contribution in [0.25, 0.3) is 0 Å². The third kappa shape index (κ3) is 2.65. The number of halogens is 2. The number of furan rings is 1. The van der Waals surface area contributed by atoms with E-state index in [1.54, 1.807) is 12.1 Å². The fraction of sp³-hybridized carbons (Fsp3) is 0.286. The van der Waals surface area contributed by atoms with E-state index in [0.29, 0.717) is 10.0 Å². The fourth-order valence-electron chi connectivity index (χ4n) is 1.92. The lowest BCUT2D eigenvalue weighted by Gasteiger charge is -2.17. The summed E-state index contributed by atoms with van der Waals surface area (Å²) in [7, 11) is 0. The minimum atomic E-state index is -0.263. The van der Waals surface area contributed by atoms with Crippen molar-refractivity contribution in [2.24, 2.45) is 0 Å². The van der Waals surface area contributed by atoms with Crippen molar-refractivity contribution in [2.45, 2.75) is 19.9 Å². The van der Waals surface area contributed by atoms with Gasteiger partial charge in [0.1, 0.15) is 17.3 Å². The molecule has 0 spiro atoms. The van der Waals surface area contributed by atoms with Gasteiger partial charge < -0.3 is 9.73 Å². The van der Waals surface area contributed by atoms with Gasteiger partial charge in [-0.2, -0.15) is 0 Å². The summed E-state index contributed by atoms with van der Waals surface area (Å²) in [5.41, 5.74) is 0.584. The normalized spacial score (nSPS) is 12.7. The van der Waals surface area contributed by atoms with Gasteiger partial charge in [0.15, 0.2) is 0 Å². The van der Waals surface area contributed by atoms with Crippen LogP contribution < -0.4 is 5.32 Å². The molecule has 2 aromatic rings. The van der Waals surface area contributed by atoms with Crippen molar-refractivity contribution in [2.75, 3.05) is 6.54 Å². The zero-order valence-electron chi connectivity index (χ0n) is 10.3. The summed E-state index contributed by atoms with van der Waals surface area (Å²) in [4.78, 5) is 0. The Hall–Kier alpha value is -1.13. The maximum absolute atomic E-state index is 14.1. The highest BCUT2D eigenvalue weighted by atomic mass is 79.9. The molecule has 2 rings (SSSR count). The van der Waals surface area contributed by atoms with Gasteiger partial charge in [-0.05, 0) is 47.6 Å². The minimum absolute atomic E-state index is 0.252. The molecule has 96 valence electrons. The van der Waals surface area contributed by atoms with Crippen LogP contribution in [-0.4, -0.2) is 6.54 Å².